The number of hydrogen-bond donors (Lipinski definition) is 4. The third-order valence-electron chi connectivity index (χ3n) is 10.3. The van der Waals surface area contributed by atoms with Gasteiger partial charge in [0.25, 0.3) is 21.9 Å². The lowest BCUT2D eigenvalue weighted by Crippen LogP contribution is -2.71. The van der Waals surface area contributed by atoms with Gasteiger partial charge in [0.1, 0.15) is 12.1 Å². The van der Waals surface area contributed by atoms with Gasteiger partial charge in [-0.25, -0.2) is 0 Å². The van der Waals surface area contributed by atoms with E-state index in [0.29, 0.717) is 32.2 Å². The highest BCUT2D eigenvalue weighted by molar-refractivity contribution is 9.10. The lowest BCUT2D eigenvalue weighted by atomic mass is 9.79. The summed E-state index contributed by atoms with van der Waals surface area (Å²) in [5.41, 5.74) is 2.68. The summed E-state index contributed by atoms with van der Waals surface area (Å²) in [5, 5.41) is 16.3. The molecule has 1 aromatic carbocycles. The van der Waals surface area contributed by atoms with Crippen molar-refractivity contribution in [3.05, 3.63) is 40.0 Å². The predicted octanol–water partition coefficient (Wildman–Crippen LogP) is 2.70. The number of aromatic nitrogens is 1. The molecule has 262 valence electrons. The van der Waals surface area contributed by atoms with E-state index in [2.05, 4.69) is 43.3 Å². The standard InChI is InChI=1S/C32H40BrN5O5.CH4O3S/c1-16(2)12-24-29(40)37-11-7-10-25(37)32(42)38(24)30(41)31(43-32,17(3)4)35-28(39)18-13-20-19-8-6-9-22-26(19)21(27(33)34-22)14-23(20)36(5)15-18;1-5(2,3)4/h6,8-9,13,16-18,23-25,34,42H,7,10-12,14-15H2,1-5H3,(H,35,39);1H3,(H,2,3,4)/t18?,23-,24+,25+,31-,32+;/m1./s1. The lowest BCUT2D eigenvalue weighted by molar-refractivity contribution is -0.322. The molecule has 4 aliphatic heterocycles. The van der Waals surface area contributed by atoms with Crippen molar-refractivity contribution in [2.24, 2.45) is 17.8 Å². The zero-order valence-electron chi connectivity index (χ0n) is 28.0. The number of halogens is 1. The lowest BCUT2D eigenvalue weighted by Gasteiger charge is -2.49. The van der Waals surface area contributed by atoms with E-state index in [4.69, 9.17) is 9.29 Å². The number of ether oxygens (including phenoxy) is 1. The molecule has 2 aromatic rings. The van der Waals surface area contributed by atoms with Crippen LogP contribution in [0, 0.1) is 17.8 Å². The number of carbonyl (C=O) groups excluding carboxylic acids is 3. The Bertz CT molecular complexity index is 1800. The van der Waals surface area contributed by atoms with E-state index in [1.165, 1.54) is 15.8 Å². The molecule has 1 unspecified atom stereocenters. The molecule has 0 bridgehead atoms. The number of H-pyrrole nitrogens is 1. The number of aliphatic hydroxyl groups is 1. The van der Waals surface area contributed by atoms with Gasteiger partial charge in [-0.15, -0.1) is 0 Å². The maximum absolute atomic E-state index is 14.4. The normalized spacial score (nSPS) is 31.4. The van der Waals surface area contributed by atoms with E-state index in [0.717, 1.165) is 34.1 Å². The van der Waals surface area contributed by atoms with Crippen molar-refractivity contribution in [2.75, 3.05) is 26.4 Å². The van der Waals surface area contributed by atoms with Crippen molar-refractivity contribution in [3.8, 4) is 0 Å². The van der Waals surface area contributed by atoms with E-state index in [1.54, 1.807) is 18.7 Å². The van der Waals surface area contributed by atoms with Gasteiger partial charge >= 0.3 is 0 Å². The minimum Gasteiger partial charge on any atom is -0.349 e. The number of nitrogens with one attached hydrogen (secondary N) is 2. The second kappa shape index (κ2) is 12.2. The van der Waals surface area contributed by atoms with E-state index < -0.39 is 51.6 Å². The highest BCUT2D eigenvalue weighted by Crippen LogP contribution is 2.49. The molecule has 3 fully saturated rings. The monoisotopic (exact) mass is 749 g/mol. The highest BCUT2D eigenvalue weighted by Gasteiger charge is 2.72. The quantitative estimate of drug-likeness (QED) is 0.336. The Kier molecular flexibility index (Phi) is 8.90. The summed E-state index contributed by atoms with van der Waals surface area (Å²) in [5.74, 6) is -4.01. The first-order valence-corrected chi connectivity index (χ1v) is 19.0. The second-order valence-electron chi connectivity index (χ2n) is 14.4. The zero-order chi connectivity index (χ0) is 35.1. The number of benzene rings is 1. The number of amides is 3. The minimum absolute atomic E-state index is 0.104. The number of hydrogen-bond acceptors (Lipinski definition) is 8. The Morgan fingerprint density at radius 1 is 1.23 bits per heavy atom. The van der Waals surface area contributed by atoms with Crippen molar-refractivity contribution in [3.63, 3.8) is 0 Å². The van der Waals surface area contributed by atoms with Crippen LogP contribution in [0.25, 0.3) is 16.5 Å². The van der Waals surface area contributed by atoms with Crippen molar-refractivity contribution < 1.29 is 37.2 Å². The zero-order valence-corrected chi connectivity index (χ0v) is 30.4. The van der Waals surface area contributed by atoms with Crippen LogP contribution in [0.5, 0.6) is 0 Å². The molecular weight excluding hydrogens is 706 g/mol. The maximum atomic E-state index is 14.4. The largest absolute Gasteiger partial charge is 0.349 e. The number of aromatic amines is 1. The van der Waals surface area contributed by atoms with E-state index in [9.17, 15) is 27.9 Å². The molecule has 5 heterocycles. The molecule has 13 nitrogen and oxygen atoms in total. The molecule has 1 aromatic heterocycles. The van der Waals surface area contributed by atoms with Crippen molar-refractivity contribution in [1.29, 1.82) is 0 Å². The molecule has 5 aliphatic rings. The molecule has 1 aliphatic carbocycles. The van der Waals surface area contributed by atoms with Crippen LogP contribution in [-0.2, 0) is 35.7 Å². The molecule has 4 N–H and O–H groups in total. The molecule has 0 spiro atoms. The van der Waals surface area contributed by atoms with E-state index >= 15 is 0 Å². The molecule has 7 rings (SSSR count). The average molecular weight is 751 g/mol. The molecule has 0 saturated carbocycles. The first-order chi connectivity index (χ1) is 22.4. The van der Waals surface area contributed by atoms with Crippen LogP contribution in [-0.4, -0.2) is 112 Å². The fourth-order valence-electron chi connectivity index (χ4n) is 8.15. The molecule has 3 amide bonds. The van der Waals surface area contributed by atoms with Crippen molar-refractivity contribution >= 4 is 60.2 Å². The summed E-state index contributed by atoms with van der Waals surface area (Å²) in [4.78, 5) is 50.8. The summed E-state index contributed by atoms with van der Waals surface area (Å²) in [6.45, 7) is 8.57. The topological polar surface area (TPSA) is 173 Å². The smallest absolute Gasteiger partial charge is 0.281 e. The molecule has 6 atom stereocenters. The van der Waals surface area contributed by atoms with E-state index in [-0.39, 0.29) is 23.8 Å². The number of carbonyl (C=O) groups is 3. The first kappa shape index (κ1) is 35.0. The fourth-order valence-corrected chi connectivity index (χ4v) is 8.72. The molecule has 15 heteroatoms. The SMILES string of the molecule is CC(C)C[C@H]1C(=O)N2CCC[C@H]2[C@]2(O)O[C@](NC(=O)C3C=C4c5cccc6[nH]c(Br)c(c56)C[C@H]4N(C)C3)(C(C)C)C(=O)N12.CS(=O)(=O)O. The van der Waals surface area contributed by atoms with Crippen LogP contribution < -0.4 is 5.32 Å². The molecule has 3 saturated heterocycles. The average Bonchev–Trinajstić information content (AvgIpc) is 3.66. The Morgan fingerprint density at radius 2 is 1.92 bits per heavy atom. The van der Waals surface area contributed by atoms with Gasteiger partial charge in [0.05, 0.1) is 16.8 Å². The number of likely N-dealkylation sites (N-methyl/N-ethyl adjacent to an activating group) is 1. The molecule has 0 radical (unpaired) electrons. The van der Waals surface area contributed by atoms with Crippen molar-refractivity contribution in [2.45, 2.75) is 83.1 Å². The van der Waals surface area contributed by atoms with Crippen LogP contribution in [0.4, 0.5) is 0 Å². The maximum Gasteiger partial charge on any atom is 0.281 e. The van der Waals surface area contributed by atoms with Gasteiger partial charge in [0, 0.05) is 36.0 Å². The second-order valence-corrected chi connectivity index (χ2v) is 16.7. The third-order valence-corrected chi connectivity index (χ3v) is 10.9. The summed E-state index contributed by atoms with van der Waals surface area (Å²) in [7, 11) is -1.64. The van der Waals surface area contributed by atoms with Crippen LogP contribution in [0.3, 0.4) is 0 Å². The highest BCUT2D eigenvalue weighted by atomic mass is 79.9. The summed E-state index contributed by atoms with van der Waals surface area (Å²) in [6, 6.07) is 4.76. The Morgan fingerprint density at radius 3 is 2.56 bits per heavy atom. The predicted molar refractivity (Wildman–Crippen MR) is 182 cm³/mol. The van der Waals surface area contributed by atoms with Gasteiger partial charge in [0.15, 0.2) is 0 Å². The minimum atomic E-state index is -3.67. The Hall–Kier alpha value is -2.82. The van der Waals surface area contributed by atoms with Crippen LogP contribution in [0.15, 0.2) is 28.9 Å². The Balaban J connectivity index is 0.000000749. The fraction of sp³-hybridized carbons (Fsp3) is 0.606. The number of nitrogens with zero attached hydrogens (tertiary/aromatic N) is 3. The van der Waals surface area contributed by atoms with Gasteiger partial charge in [-0.05, 0) is 77.3 Å². The van der Waals surface area contributed by atoms with Crippen LogP contribution in [0.1, 0.15) is 58.1 Å². The van der Waals surface area contributed by atoms with Gasteiger partial charge in [-0.2, -0.15) is 8.42 Å². The van der Waals surface area contributed by atoms with Gasteiger partial charge in [0.2, 0.25) is 17.5 Å². The first-order valence-electron chi connectivity index (χ1n) is 16.4. The third kappa shape index (κ3) is 5.69. The molecule has 48 heavy (non-hydrogen) atoms. The van der Waals surface area contributed by atoms with Crippen LogP contribution >= 0.6 is 15.9 Å². The number of rotatable bonds is 5. The Labute approximate surface area is 288 Å². The summed E-state index contributed by atoms with van der Waals surface area (Å²) >= 11 is 3.70. The van der Waals surface area contributed by atoms with E-state index in [1.807, 2.05) is 33.0 Å². The van der Waals surface area contributed by atoms with Crippen LogP contribution in [0.2, 0.25) is 0 Å². The summed E-state index contributed by atoms with van der Waals surface area (Å²) in [6.07, 6.45) is 5.20. The van der Waals surface area contributed by atoms with Gasteiger partial charge in [-0.3, -0.25) is 33.5 Å². The number of piperazine rings is 1. The van der Waals surface area contributed by atoms with Crippen molar-refractivity contribution in [1.82, 2.24) is 25.0 Å². The van der Waals surface area contributed by atoms with Gasteiger partial charge in [-0.1, -0.05) is 45.9 Å². The molecular formula is C33H44BrN5O8S. The summed E-state index contributed by atoms with van der Waals surface area (Å²) < 4.78 is 33.3. The van der Waals surface area contributed by atoms with Gasteiger partial charge < -0.3 is 20.3 Å². The number of fused-ring (bicyclic) bond motifs is 5.